The van der Waals surface area contributed by atoms with Gasteiger partial charge in [-0.2, -0.15) is 0 Å². The molecular weight excluding hydrogens is 138 g/mol. The summed E-state index contributed by atoms with van der Waals surface area (Å²) in [6.07, 6.45) is 1.20. The average Bonchev–Trinajstić information content (AvgIpc) is 2.20. The molecule has 3 heteroatoms. The van der Waals surface area contributed by atoms with E-state index in [0.29, 0.717) is 0 Å². The van der Waals surface area contributed by atoms with E-state index in [0.717, 1.165) is 19.6 Å². The van der Waals surface area contributed by atoms with Gasteiger partial charge in [-0.15, -0.1) is 0 Å². The molecule has 0 aromatic carbocycles. The third kappa shape index (κ3) is 5.18. The van der Waals surface area contributed by atoms with Gasteiger partial charge in [-0.25, -0.2) is 5.01 Å². The highest BCUT2D eigenvalue weighted by molar-refractivity contribution is 4.61. The number of hydrazine groups is 1. The van der Waals surface area contributed by atoms with Gasteiger partial charge in [-0.3, -0.25) is 5.84 Å². The molecule has 1 saturated heterocycles. The zero-order valence-electron chi connectivity index (χ0n) is 8.01. The molecule has 0 unspecified atom stereocenters. The predicted molar refractivity (Wildman–Crippen MR) is 49.2 cm³/mol. The van der Waals surface area contributed by atoms with Crippen molar-refractivity contribution < 1.29 is 0 Å². The molecule has 2 N–H and O–H groups in total. The minimum absolute atomic E-state index is 1.01. The molecule has 68 valence electrons. The molecule has 0 atom stereocenters. The monoisotopic (exact) mass is 159 g/mol. The molecule has 1 rings (SSSR count). The van der Waals surface area contributed by atoms with Crippen molar-refractivity contribution in [2.45, 2.75) is 20.3 Å². The zero-order chi connectivity index (χ0) is 8.69. The second-order valence-electron chi connectivity index (χ2n) is 2.69. The molecule has 0 aromatic heterocycles. The molecule has 3 nitrogen and oxygen atoms in total. The second-order valence-corrected chi connectivity index (χ2v) is 2.69. The van der Waals surface area contributed by atoms with Gasteiger partial charge in [0.2, 0.25) is 0 Å². The Morgan fingerprint density at radius 3 is 2.27 bits per heavy atom. The van der Waals surface area contributed by atoms with Crippen molar-refractivity contribution in [1.82, 2.24) is 9.91 Å². The fourth-order valence-electron chi connectivity index (χ4n) is 1.07. The summed E-state index contributed by atoms with van der Waals surface area (Å²) < 4.78 is 0. The maximum Gasteiger partial charge on any atom is 0.0256 e. The van der Waals surface area contributed by atoms with Crippen LogP contribution >= 0.6 is 0 Å². The first kappa shape index (κ1) is 10.9. The Balaban J connectivity index is 0.000000461. The Morgan fingerprint density at radius 2 is 1.64 bits per heavy atom. The first-order chi connectivity index (χ1) is 5.29. The second kappa shape index (κ2) is 6.58. The van der Waals surface area contributed by atoms with Crippen molar-refractivity contribution in [2.24, 2.45) is 5.84 Å². The number of likely N-dealkylation sites (N-methyl/N-ethyl adjacent to an activating group) is 1. The number of nitrogens with zero attached hydrogens (tertiary/aromatic N) is 2. The van der Waals surface area contributed by atoms with Crippen LogP contribution in [-0.2, 0) is 0 Å². The molecule has 0 bridgehead atoms. The lowest BCUT2D eigenvalue weighted by atomic mass is 10.4. The summed E-state index contributed by atoms with van der Waals surface area (Å²) in [5, 5.41) is 1.89. The highest BCUT2D eigenvalue weighted by atomic mass is 15.4. The average molecular weight is 159 g/mol. The quantitative estimate of drug-likeness (QED) is 0.523. The van der Waals surface area contributed by atoms with Crippen LogP contribution in [0.3, 0.4) is 0 Å². The van der Waals surface area contributed by atoms with Gasteiger partial charge >= 0.3 is 0 Å². The molecule has 0 aromatic rings. The van der Waals surface area contributed by atoms with Gasteiger partial charge in [0.25, 0.3) is 0 Å². The van der Waals surface area contributed by atoms with Gasteiger partial charge in [0.05, 0.1) is 0 Å². The van der Waals surface area contributed by atoms with Crippen molar-refractivity contribution in [1.29, 1.82) is 0 Å². The molecule has 0 aliphatic carbocycles. The Kier molecular flexibility index (Phi) is 6.51. The largest absolute Gasteiger partial charge is 0.305 e. The van der Waals surface area contributed by atoms with Crippen LogP contribution in [-0.4, -0.2) is 43.1 Å². The molecule has 0 radical (unpaired) electrons. The van der Waals surface area contributed by atoms with Crippen molar-refractivity contribution in [3.05, 3.63) is 0 Å². The van der Waals surface area contributed by atoms with E-state index in [-0.39, 0.29) is 0 Å². The van der Waals surface area contributed by atoms with E-state index in [2.05, 4.69) is 11.9 Å². The third-order valence-electron chi connectivity index (χ3n) is 1.75. The van der Waals surface area contributed by atoms with Gasteiger partial charge < -0.3 is 4.90 Å². The first-order valence-corrected chi connectivity index (χ1v) is 4.47. The fourth-order valence-corrected chi connectivity index (χ4v) is 1.07. The van der Waals surface area contributed by atoms with Gasteiger partial charge in [0, 0.05) is 19.6 Å². The normalized spacial score (nSPS) is 21.8. The van der Waals surface area contributed by atoms with Gasteiger partial charge in [-0.1, -0.05) is 13.8 Å². The highest BCUT2D eigenvalue weighted by Crippen LogP contribution is 1.94. The number of hydrogen-bond donors (Lipinski definition) is 1. The number of hydrogen-bond acceptors (Lipinski definition) is 3. The molecule has 1 fully saturated rings. The van der Waals surface area contributed by atoms with Crippen molar-refractivity contribution in [3.8, 4) is 0 Å². The maximum atomic E-state index is 5.60. The third-order valence-corrected chi connectivity index (χ3v) is 1.75. The lowest BCUT2D eigenvalue weighted by Gasteiger charge is -2.12. The molecular formula is C8H21N3. The van der Waals surface area contributed by atoms with E-state index in [4.69, 9.17) is 5.84 Å². The van der Waals surface area contributed by atoms with Crippen LogP contribution in [0.2, 0.25) is 0 Å². The molecule has 0 amide bonds. The molecule has 1 aliphatic rings. The van der Waals surface area contributed by atoms with Gasteiger partial charge in [0.15, 0.2) is 0 Å². The SMILES string of the molecule is CC.CN1CCCN(N)CC1. The topological polar surface area (TPSA) is 32.5 Å². The standard InChI is InChI=1S/C6H15N3.C2H6/c1-8-3-2-4-9(7)6-5-8;1-2/h2-7H2,1H3;1-2H3. The van der Waals surface area contributed by atoms with Crippen LogP contribution < -0.4 is 5.84 Å². The highest BCUT2D eigenvalue weighted by Gasteiger charge is 2.06. The fraction of sp³-hybridized carbons (Fsp3) is 1.00. The summed E-state index contributed by atoms with van der Waals surface area (Å²) in [7, 11) is 2.14. The Labute approximate surface area is 70.1 Å². The van der Waals surface area contributed by atoms with E-state index >= 15 is 0 Å². The van der Waals surface area contributed by atoms with Crippen LogP contribution in [0.15, 0.2) is 0 Å². The Hall–Kier alpha value is -0.120. The Morgan fingerprint density at radius 1 is 1.00 bits per heavy atom. The summed E-state index contributed by atoms with van der Waals surface area (Å²) >= 11 is 0. The molecule has 1 heterocycles. The Bertz CT molecular complexity index is 75.4. The summed E-state index contributed by atoms with van der Waals surface area (Å²) in [6, 6.07) is 0. The molecule has 0 spiro atoms. The molecule has 11 heavy (non-hydrogen) atoms. The summed E-state index contributed by atoms with van der Waals surface area (Å²) in [4.78, 5) is 2.31. The van der Waals surface area contributed by atoms with Crippen LogP contribution in [0.25, 0.3) is 0 Å². The smallest absolute Gasteiger partial charge is 0.0256 e. The van der Waals surface area contributed by atoms with Crippen molar-refractivity contribution in [3.63, 3.8) is 0 Å². The van der Waals surface area contributed by atoms with Gasteiger partial charge in [0.1, 0.15) is 0 Å². The van der Waals surface area contributed by atoms with E-state index in [9.17, 15) is 0 Å². The maximum absolute atomic E-state index is 5.60. The van der Waals surface area contributed by atoms with Crippen molar-refractivity contribution in [2.75, 3.05) is 33.2 Å². The zero-order valence-corrected chi connectivity index (χ0v) is 8.01. The minimum Gasteiger partial charge on any atom is -0.305 e. The molecule has 0 saturated carbocycles. The number of nitrogens with two attached hydrogens (primary N) is 1. The van der Waals surface area contributed by atoms with Crippen LogP contribution in [0.5, 0.6) is 0 Å². The lowest BCUT2D eigenvalue weighted by molar-refractivity contribution is 0.285. The minimum atomic E-state index is 1.01. The van der Waals surface area contributed by atoms with Crippen molar-refractivity contribution >= 4 is 0 Å². The van der Waals surface area contributed by atoms with Crippen LogP contribution in [0, 0.1) is 0 Å². The van der Waals surface area contributed by atoms with Crippen LogP contribution in [0.4, 0.5) is 0 Å². The molecule has 1 aliphatic heterocycles. The van der Waals surface area contributed by atoms with E-state index in [1.807, 2.05) is 18.9 Å². The number of rotatable bonds is 0. The van der Waals surface area contributed by atoms with Crippen LogP contribution in [0.1, 0.15) is 20.3 Å². The lowest BCUT2D eigenvalue weighted by Crippen LogP contribution is -2.34. The predicted octanol–water partition coefficient (Wildman–Crippen LogP) is 0.524. The van der Waals surface area contributed by atoms with E-state index in [1.54, 1.807) is 0 Å². The first-order valence-electron chi connectivity index (χ1n) is 4.47. The summed E-state index contributed by atoms with van der Waals surface area (Å²) in [6.45, 7) is 8.35. The van der Waals surface area contributed by atoms with E-state index in [1.165, 1.54) is 13.0 Å². The summed E-state index contributed by atoms with van der Waals surface area (Å²) in [5.41, 5.74) is 0. The summed E-state index contributed by atoms with van der Waals surface area (Å²) in [5.74, 6) is 5.60. The van der Waals surface area contributed by atoms with E-state index < -0.39 is 0 Å². The van der Waals surface area contributed by atoms with Gasteiger partial charge in [-0.05, 0) is 20.0 Å².